The summed E-state index contributed by atoms with van der Waals surface area (Å²) in [7, 11) is 0. The maximum Gasteiger partial charge on any atom is 0.411 e. The molecule has 1 aliphatic carbocycles. The Morgan fingerprint density at radius 1 is 1.35 bits per heavy atom. The maximum atomic E-state index is 11.2. The number of piperidine rings is 1. The van der Waals surface area contributed by atoms with E-state index in [1.165, 1.54) is 35.3 Å². The first-order chi connectivity index (χ1) is 11.2. The fourth-order valence-corrected chi connectivity index (χ4v) is 4.04. The predicted molar refractivity (Wildman–Crippen MR) is 90.3 cm³/mol. The summed E-state index contributed by atoms with van der Waals surface area (Å²) >= 11 is 0. The van der Waals surface area contributed by atoms with Gasteiger partial charge in [-0.3, -0.25) is 4.90 Å². The van der Waals surface area contributed by atoms with Crippen molar-refractivity contribution in [2.24, 2.45) is 5.92 Å². The van der Waals surface area contributed by atoms with E-state index in [9.17, 15) is 9.90 Å². The van der Waals surface area contributed by atoms with Crippen molar-refractivity contribution < 1.29 is 9.90 Å². The van der Waals surface area contributed by atoms with Crippen LogP contribution in [-0.4, -0.2) is 43.4 Å². The van der Waals surface area contributed by atoms with Gasteiger partial charge < -0.3 is 15.7 Å². The van der Waals surface area contributed by atoms with E-state index in [1.54, 1.807) is 0 Å². The second-order valence-electron chi connectivity index (χ2n) is 7.12. The number of hydrogen-bond acceptors (Lipinski definition) is 3. The van der Waals surface area contributed by atoms with Crippen LogP contribution >= 0.6 is 0 Å². The first-order valence-corrected chi connectivity index (χ1v) is 8.80. The molecule has 2 heterocycles. The topological polar surface area (TPSA) is 64.6 Å². The zero-order valence-electron chi connectivity index (χ0n) is 13.4. The van der Waals surface area contributed by atoms with Gasteiger partial charge in [-0.25, -0.2) is 4.79 Å². The molecule has 1 amide bonds. The van der Waals surface area contributed by atoms with Gasteiger partial charge in [-0.2, -0.15) is 0 Å². The van der Waals surface area contributed by atoms with Crippen LogP contribution in [0.5, 0.6) is 0 Å². The summed E-state index contributed by atoms with van der Waals surface area (Å²) in [5.41, 5.74) is 3.44. The van der Waals surface area contributed by atoms with Crippen molar-refractivity contribution in [2.45, 2.75) is 37.6 Å². The van der Waals surface area contributed by atoms with E-state index in [4.69, 9.17) is 0 Å². The molecular weight excluding hydrogens is 290 g/mol. The molecule has 1 aromatic carbocycles. The number of anilines is 1. The van der Waals surface area contributed by atoms with Crippen LogP contribution in [0, 0.1) is 5.92 Å². The Morgan fingerprint density at radius 2 is 2.17 bits per heavy atom. The van der Waals surface area contributed by atoms with Gasteiger partial charge in [-0.15, -0.1) is 0 Å². The van der Waals surface area contributed by atoms with Crippen molar-refractivity contribution in [3.63, 3.8) is 0 Å². The molecule has 4 rings (SSSR count). The molecule has 124 valence electrons. The van der Waals surface area contributed by atoms with Crippen LogP contribution in [0.15, 0.2) is 18.2 Å². The lowest BCUT2D eigenvalue weighted by Crippen LogP contribution is -2.34. The second kappa shape index (κ2) is 6.13. The van der Waals surface area contributed by atoms with E-state index < -0.39 is 6.09 Å². The molecule has 5 heteroatoms. The van der Waals surface area contributed by atoms with Gasteiger partial charge in [0.2, 0.25) is 0 Å². The van der Waals surface area contributed by atoms with Crippen LogP contribution < -0.4 is 15.5 Å². The van der Waals surface area contributed by atoms with E-state index in [0.29, 0.717) is 18.5 Å². The first-order valence-electron chi connectivity index (χ1n) is 8.80. The number of carboxylic acid groups (broad SMARTS) is 1. The summed E-state index contributed by atoms with van der Waals surface area (Å²) in [4.78, 5) is 12.7. The Labute approximate surface area is 137 Å². The Balaban J connectivity index is 1.34. The summed E-state index contributed by atoms with van der Waals surface area (Å²) in [5.74, 6) is 1.43. The zero-order valence-corrected chi connectivity index (χ0v) is 13.4. The SMILES string of the molecule is O=C(O)N1CCc2cc(C3CC3NCC3CCNCC3)ccc21. The van der Waals surface area contributed by atoms with Gasteiger partial charge in [0, 0.05) is 18.5 Å². The van der Waals surface area contributed by atoms with Crippen molar-refractivity contribution in [3.05, 3.63) is 29.3 Å². The third kappa shape index (κ3) is 3.08. The molecule has 1 saturated carbocycles. The molecule has 1 saturated heterocycles. The first kappa shape index (κ1) is 15.0. The molecule has 2 aliphatic heterocycles. The monoisotopic (exact) mass is 315 g/mol. The molecule has 1 aromatic rings. The summed E-state index contributed by atoms with van der Waals surface area (Å²) < 4.78 is 0. The normalized spacial score (nSPS) is 27.0. The minimum Gasteiger partial charge on any atom is -0.465 e. The van der Waals surface area contributed by atoms with Crippen molar-refractivity contribution >= 4 is 11.8 Å². The Hall–Kier alpha value is -1.59. The minimum absolute atomic E-state index is 0.593. The highest BCUT2D eigenvalue weighted by molar-refractivity contribution is 5.89. The average molecular weight is 315 g/mol. The highest BCUT2D eigenvalue weighted by Gasteiger charge is 2.39. The van der Waals surface area contributed by atoms with Crippen LogP contribution in [0.2, 0.25) is 0 Å². The van der Waals surface area contributed by atoms with Crippen LogP contribution in [0.1, 0.15) is 36.3 Å². The lowest BCUT2D eigenvalue weighted by atomic mass is 9.98. The number of carbonyl (C=O) groups is 1. The van der Waals surface area contributed by atoms with E-state index >= 15 is 0 Å². The molecule has 2 unspecified atom stereocenters. The van der Waals surface area contributed by atoms with Crippen molar-refractivity contribution in [3.8, 4) is 0 Å². The Morgan fingerprint density at radius 3 is 2.96 bits per heavy atom. The molecular formula is C18H25N3O2. The van der Waals surface area contributed by atoms with Gasteiger partial charge in [0.25, 0.3) is 0 Å². The number of amides is 1. The lowest BCUT2D eigenvalue weighted by Gasteiger charge is -2.22. The molecule has 5 nitrogen and oxygen atoms in total. The third-order valence-corrected chi connectivity index (χ3v) is 5.58. The fraction of sp³-hybridized carbons (Fsp3) is 0.611. The van der Waals surface area contributed by atoms with E-state index in [-0.39, 0.29) is 0 Å². The van der Waals surface area contributed by atoms with Gasteiger partial charge in [-0.1, -0.05) is 12.1 Å². The van der Waals surface area contributed by atoms with Crippen LogP contribution in [0.4, 0.5) is 10.5 Å². The van der Waals surface area contributed by atoms with Crippen molar-refractivity contribution in [1.29, 1.82) is 0 Å². The van der Waals surface area contributed by atoms with Gasteiger partial charge in [0.05, 0.1) is 5.69 Å². The standard InChI is InChI=1S/C18H25N3O2/c22-18(23)21-8-5-14-9-13(1-2-17(14)21)15-10-16(15)20-11-12-3-6-19-7-4-12/h1-2,9,12,15-16,19-20H,3-8,10-11H2,(H,22,23). The molecule has 0 spiro atoms. The van der Waals surface area contributed by atoms with Crippen molar-refractivity contribution in [1.82, 2.24) is 10.6 Å². The average Bonchev–Trinajstić information content (AvgIpc) is 3.22. The largest absolute Gasteiger partial charge is 0.465 e. The molecule has 2 atom stereocenters. The quantitative estimate of drug-likeness (QED) is 0.797. The number of nitrogens with one attached hydrogen (secondary N) is 2. The van der Waals surface area contributed by atoms with Gasteiger partial charge in [-0.05, 0) is 68.4 Å². The van der Waals surface area contributed by atoms with Crippen LogP contribution in [0.3, 0.4) is 0 Å². The number of benzene rings is 1. The van der Waals surface area contributed by atoms with Crippen molar-refractivity contribution in [2.75, 3.05) is 31.1 Å². The summed E-state index contributed by atoms with van der Waals surface area (Å²) in [5, 5.41) is 16.3. The smallest absolute Gasteiger partial charge is 0.411 e. The molecule has 3 aliphatic rings. The second-order valence-corrected chi connectivity index (χ2v) is 7.12. The van der Waals surface area contributed by atoms with Gasteiger partial charge in [0.15, 0.2) is 0 Å². The van der Waals surface area contributed by atoms with Crippen LogP contribution in [0.25, 0.3) is 0 Å². The van der Waals surface area contributed by atoms with E-state index in [1.807, 2.05) is 6.07 Å². The highest BCUT2D eigenvalue weighted by Crippen LogP contribution is 2.43. The van der Waals surface area contributed by atoms with E-state index in [0.717, 1.165) is 37.7 Å². The molecule has 2 fully saturated rings. The predicted octanol–water partition coefficient (Wildman–Crippen LogP) is 2.17. The molecule has 23 heavy (non-hydrogen) atoms. The summed E-state index contributed by atoms with van der Waals surface area (Å²) in [6, 6.07) is 6.96. The minimum atomic E-state index is -0.843. The van der Waals surface area contributed by atoms with E-state index in [2.05, 4.69) is 22.8 Å². The highest BCUT2D eigenvalue weighted by atomic mass is 16.4. The Kier molecular flexibility index (Phi) is 3.99. The number of nitrogens with zero attached hydrogens (tertiary/aromatic N) is 1. The lowest BCUT2D eigenvalue weighted by molar-refractivity contribution is 0.202. The molecule has 0 radical (unpaired) electrons. The molecule has 0 bridgehead atoms. The Bertz CT molecular complexity index is 598. The number of hydrogen-bond donors (Lipinski definition) is 3. The third-order valence-electron chi connectivity index (χ3n) is 5.58. The van der Waals surface area contributed by atoms with Gasteiger partial charge >= 0.3 is 6.09 Å². The molecule has 3 N–H and O–H groups in total. The fourth-order valence-electron chi connectivity index (χ4n) is 4.04. The number of fused-ring (bicyclic) bond motifs is 1. The number of rotatable bonds is 4. The summed E-state index contributed by atoms with van der Waals surface area (Å²) in [6.07, 6.45) is 3.79. The zero-order chi connectivity index (χ0) is 15.8. The molecule has 0 aromatic heterocycles. The summed E-state index contributed by atoms with van der Waals surface area (Å²) in [6.45, 7) is 4.05. The maximum absolute atomic E-state index is 11.2. The van der Waals surface area contributed by atoms with Gasteiger partial charge in [0.1, 0.15) is 0 Å². The van der Waals surface area contributed by atoms with Crippen LogP contribution in [-0.2, 0) is 6.42 Å².